The Bertz CT molecular complexity index is 1110. The summed E-state index contributed by atoms with van der Waals surface area (Å²) in [5.41, 5.74) is 0.699. The zero-order chi connectivity index (χ0) is 25.3. The van der Waals surface area contributed by atoms with Crippen LogP contribution in [0.3, 0.4) is 0 Å². The molecule has 1 unspecified atom stereocenters. The van der Waals surface area contributed by atoms with Gasteiger partial charge in [-0.1, -0.05) is 12.8 Å². The fourth-order valence-electron chi connectivity index (χ4n) is 4.25. The maximum absolute atomic E-state index is 11.7. The Morgan fingerprint density at radius 3 is 2.69 bits per heavy atom. The number of hydrogen-bond donors (Lipinski definition) is 6. The maximum atomic E-state index is 11.7. The van der Waals surface area contributed by atoms with E-state index >= 15 is 0 Å². The second kappa shape index (κ2) is 10.6. The van der Waals surface area contributed by atoms with Gasteiger partial charge in [-0.25, -0.2) is 4.98 Å². The number of fused-ring (bicyclic) bond motifs is 1. The second-order valence-corrected chi connectivity index (χ2v) is 10.7. The third kappa shape index (κ3) is 5.92. The monoisotopic (exact) mass is 534 g/mol. The van der Waals surface area contributed by atoms with E-state index < -0.39 is 57.0 Å². The van der Waals surface area contributed by atoms with Gasteiger partial charge in [0.25, 0.3) is 0 Å². The Labute approximate surface area is 205 Å². The molecule has 2 aromatic heterocycles. The fraction of sp³-hybridized carbons (Fsp3) is 0.684. The Morgan fingerprint density at radius 2 is 2.03 bits per heavy atom. The molecule has 2 fully saturated rings. The number of carbonyl (C=O) groups excluding carboxylic acids is 1. The van der Waals surface area contributed by atoms with Crippen molar-refractivity contribution in [1.82, 2.24) is 24.8 Å². The molecule has 6 N–H and O–H groups in total. The molecule has 5 atom stereocenters. The number of hydrogen-bond acceptors (Lipinski definition) is 10. The number of nitrogens with one attached hydrogen (secondary N) is 2. The molecule has 194 valence electrons. The van der Waals surface area contributed by atoms with Gasteiger partial charge in [-0.2, -0.15) is 9.97 Å². The van der Waals surface area contributed by atoms with Crippen molar-refractivity contribution in [3.8, 4) is 0 Å². The number of aliphatic hydroxyl groups excluding tert-OH is 2. The normalized spacial score (nSPS) is 26.3. The molecule has 0 aromatic carbocycles. The SMILES string of the molecule is CC(=O)NCC(OC[C@H]1O[C@@H](n2cnc3c(NC4CCCC4)nc(Cl)nc32)[C@H](O)[C@@H]1O)P(=O)(O)O. The molecule has 2 aliphatic rings. The van der Waals surface area contributed by atoms with Gasteiger partial charge in [-0.15, -0.1) is 0 Å². The van der Waals surface area contributed by atoms with Gasteiger partial charge >= 0.3 is 7.60 Å². The molecule has 16 heteroatoms. The summed E-state index contributed by atoms with van der Waals surface area (Å²) < 4.78 is 24.2. The quantitative estimate of drug-likeness (QED) is 0.187. The van der Waals surface area contributed by atoms with Crippen molar-refractivity contribution >= 4 is 42.1 Å². The molecule has 35 heavy (non-hydrogen) atoms. The van der Waals surface area contributed by atoms with Crippen molar-refractivity contribution in [2.24, 2.45) is 0 Å². The lowest BCUT2D eigenvalue weighted by Gasteiger charge is -2.22. The summed E-state index contributed by atoms with van der Waals surface area (Å²) in [5.74, 6) is -1.68. The minimum absolute atomic E-state index is 0.0323. The number of aromatic nitrogens is 4. The Kier molecular flexibility index (Phi) is 7.93. The summed E-state index contributed by atoms with van der Waals surface area (Å²) in [6.45, 7) is 0.301. The van der Waals surface area contributed by atoms with Crippen molar-refractivity contribution in [2.45, 2.75) is 69.0 Å². The molecule has 0 radical (unpaired) electrons. The molecule has 4 rings (SSSR count). The predicted octanol–water partition coefficient (Wildman–Crippen LogP) is 0.110. The fourth-order valence-corrected chi connectivity index (χ4v) is 5.02. The third-order valence-corrected chi connectivity index (χ3v) is 7.31. The molecule has 1 aliphatic heterocycles. The molecule has 0 bridgehead atoms. The van der Waals surface area contributed by atoms with E-state index in [9.17, 15) is 29.4 Å². The number of halogens is 1. The molecule has 1 saturated carbocycles. The van der Waals surface area contributed by atoms with Crippen LogP contribution in [-0.2, 0) is 18.8 Å². The zero-order valence-corrected chi connectivity index (χ0v) is 20.5. The Hall–Kier alpha value is -1.90. The van der Waals surface area contributed by atoms with E-state index in [0.717, 1.165) is 25.7 Å². The van der Waals surface area contributed by atoms with Crippen LogP contribution in [0.2, 0.25) is 5.28 Å². The first kappa shape index (κ1) is 26.2. The van der Waals surface area contributed by atoms with E-state index in [-0.39, 0.29) is 17.0 Å². The van der Waals surface area contributed by atoms with E-state index in [2.05, 4.69) is 25.6 Å². The van der Waals surface area contributed by atoms with Gasteiger partial charge in [0.15, 0.2) is 29.1 Å². The summed E-state index contributed by atoms with van der Waals surface area (Å²) >= 11 is 6.14. The maximum Gasteiger partial charge on any atom is 0.355 e. The first-order valence-electron chi connectivity index (χ1n) is 11.1. The lowest BCUT2D eigenvalue weighted by Crippen LogP contribution is -2.37. The van der Waals surface area contributed by atoms with Gasteiger partial charge in [-0.3, -0.25) is 13.9 Å². The van der Waals surface area contributed by atoms with E-state index in [1.165, 1.54) is 17.8 Å². The number of amides is 1. The Morgan fingerprint density at radius 1 is 1.31 bits per heavy atom. The average molecular weight is 535 g/mol. The number of nitrogens with zero attached hydrogens (tertiary/aromatic N) is 4. The van der Waals surface area contributed by atoms with Crippen LogP contribution in [0.4, 0.5) is 5.82 Å². The molecule has 1 saturated heterocycles. The first-order valence-corrected chi connectivity index (χ1v) is 13.2. The van der Waals surface area contributed by atoms with Crippen molar-refractivity contribution in [3.05, 3.63) is 11.6 Å². The summed E-state index contributed by atoms with van der Waals surface area (Å²) in [4.78, 5) is 42.9. The first-order chi connectivity index (χ1) is 16.5. The molecule has 1 amide bonds. The number of ether oxygens (including phenoxy) is 2. The van der Waals surface area contributed by atoms with Crippen LogP contribution in [0.1, 0.15) is 38.8 Å². The van der Waals surface area contributed by atoms with E-state index in [4.69, 9.17) is 21.1 Å². The largest absolute Gasteiger partial charge is 0.387 e. The highest BCUT2D eigenvalue weighted by Gasteiger charge is 2.45. The lowest BCUT2D eigenvalue weighted by molar-refractivity contribution is -0.119. The van der Waals surface area contributed by atoms with Crippen molar-refractivity contribution in [3.63, 3.8) is 0 Å². The van der Waals surface area contributed by atoms with Gasteiger partial charge in [-0.05, 0) is 24.4 Å². The number of aliphatic hydroxyl groups is 2. The van der Waals surface area contributed by atoms with Gasteiger partial charge < -0.3 is 40.1 Å². The third-order valence-electron chi connectivity index (χ3n) is 6.06. The van der Waals surface area contributed by atoms with Crippen molar-refractivity contribution in [1.29, 1.82) is 0 Å². The molecule has 2 aromatic rings. The topological polar surface area (TPSA) is 201 Å². The minimum atomic E-state index is -4.73. The van der Waals surface area contributed by atoms with Crippen LogP contribution in [0.25, 0.3) is 11.2 Å². The van der Waals surface area contributed by atoms with Gasteiger partial charge in [0.2, 0.25) is 11.2 Å². The standard InChI is InChI=1S/C19H28ClN6O8P/c1-9(27)21-6-12(35(30,31)32)33-7-11-14(28)15(29)18(34-11)26-8-22-13-16(23-10-4-2-3-5-10)24-19(20)25-17(13)26/h8,10-12,14-15,18,28-29H,2-7H2,1H3,(H,21,27)(H,23,24,25)(H2,30,31,32)/t11-,12?,14-,15-,18-/m1/s1. The van der Waals surface area contributed by atoms with Crippen LogP contribution in [-0.4, -0.2) is 88.8 Å². The smallest absolute Gasteiger partial charge is 0.355 e. The van der Waals surface area contributed by atoms with Gasteiger partial charge in [0, 0.05) is 13.0 Å². The molecular weight excluding hydrogens is 507 g/mol. The van der Waals surface area contributed by atoms with Crippen LogP contribution < -0.4 is 10.6 Å². The highest BCUT2D eigenvalue weighted by molar-refractivity contribution is 7.52. The average Bonchev–Trinajstić information content (AvgIpc) is 3.49. The number of imidazole rings is 1. The lowest BCUT2D eigenvalue weighted by atomic mass is 10.1. The molecule has 14 nitrogen and oxygen atoms in total. The minimum Gasteiger partial charge on any atom is -0.387 e. The summed E-state index contributed by atoms with van der Waals surface area (Å²) in [6, 6.07) is 0.241. The zero-order valence-electron chi connectivity index (χ0n) is 18.8. The number of carbonyl (C=O) groups is 1. The molecule has 1 aliphatic carbocycles. The summed E-state index contributed by atoms with van der Waals surface area (Å²) in [5, 5.41) is 26.7. The van der Waals surface area contributed by atoms with Crippen LogP contribution in [0.5, 0.6) is 0 Å². The number of rotatable bonds is 9. The summed E-state index contributed by atoms with van der Waals surface area (Å²) in [6.07, 6.45) is 0.489. The summed E-state index contributed by atoms with van der Waals surface area (Å²) in [7, 11) is -4.73. The van der Waals surface area contributed by atoms with Crippen LogP contribution in [0, 0.1) is 0 Å². The highest BCUT2D eigenvalue weighted by Crippen LogP contribution is 2.42. The molecule has 3 heterocycles. The molecular formula is C19H28ClN6O8P. The van der Waals surface area contributed by atoms with Crippen molar-refractivity contribution in [2.75, 3.05) is 18.5 Å². The van der Waals surface area contributed by atoms with Crippen molar-refractivity contribution < 1.29 is 38.8 Å². The number of anilines is 1. The van der Waals surface area contributed by atoms with Gasteiger partial charge in [0.05, 0.1) is 19.5 Å². The second-order valence-electron chi connectivity index (χ2n) is 8.65. The van der Waals surface area contributed by atoms with Gasteiger partial charge in [0.1, 0.15) is 18.3 Å². The van der Waals surface area contributed by atoms with E-state index in [0.29, 0.717) is 11.3 Å². The predicted molar refractivity (Wildman–Crippen MR) is 123 cm³/mol. The van der Waals surface area contributed by atoms with Crippen LogP contribution >= 0.6 is 19.2 Å². The highest BCUT2D eigenvalue weighted by atomic mass is 35.5. The molecule has 0 spiro atoms. The Balaban J connectivity index is 1.50. The van der Waals surface area contributed by atoms with E-state index in [1.54, 1.807) is 0 Å². The van der Waals surface area contributed by atoms with E-state index in [1.807, 2.05) is 0 Å². The van der Waals surface area contributed by atoms with Crippen LogP contribution in [0.15, 0.2) is 6.33 Å².